The number of para-hydroxylation sites is 2. The summed E-state index contributed by atoms with van der Waals surface area (Å²) >= 11 is 5.88. The Bertz CT molecular complexity index is 1240. The SMILES string of the molecule is COC(=O)C(CC1CC(=O)N(c2ccc(Cl)cc2)C1=O)c1nc2ccccc2[nH]c1=O. The summed E-state index contributed by atoms with van der Waals surface area (Å²) in [4.78, 5) is 58.8. The number of methoxy groups -OCH3 is 1. The quantitative estimate of drug-likeness (QED) is 0.483. The van der Waals surface area contributed by atoms with Gasteiger partial charge in [0.15, 0.2) is 0 Å². The van der Waals surface area contributed by atoms with Gasteiger partial charge in [-0.25, -0.2) is 4.98 Å². The zero-order valence-electron chi connectivity index (χ0n) is 16.5. The lowest BCUT2D eigenvalue weighted by Crippen LogP contribution is -2.32. The number of hydrogen-bond donors (Lipinski definition) is 1. The summed E-state index contributed by atoms with van der Waals surface area (Å²) in [5, 5.41) is 0.478. The summed E-state index contributed by atoms with van der Waals surface area (Å²) < 4.78 is 4.87. The number of ether oxygens (including phenoxy) is 1. The minimum atomic E-state index is -1.09. The lowest BCUT2D eigenvalue weighted by atomic mass is 9.90. The first-order valence-corrected chi connectivity index (χ1v) is 9.96. The monoisotopic (exact) mass is 439 g/mol. The predicted octanol–water partition coefficient (Wildman–Crippen LogP) is 2.80. The molecule has 0 saturated carbocycles. The Morgan fingerprint density at radius 3 is 2.61 bits per heavy atom. The molecule has 2 aromatic carbocycles. The van der Waals surface area contributed by atoms with E-state index in [1.807, 2.05) is 0 Å². The number of rotatable bonds is 5. The molecule has 1 aromatic heterocycles. The van der Waals surface area contributed by atoms with Crippen molar-refractivity contribution in [2.75, 3.05) is 12.0 Å². The molecule has 2 amide bonds. The number of carbonyl (C=O) groups excluding carboxylic acids is 3. The Kier molecular flexibility index (Phi) is 5.56. The third-order valence-electron chi connectivity index (χ3n) is 5.29. The first kappa shape index (κ1) is 20.7. The Morgan fingerprint density at radius 1 is 1.19 bits per heavy atom. The van der Waals surface area contributed by atoms with E-state index in [0.717, 1.165) is 4.90 Å². The minimum absolute atomic E-state index is 0.0456. The molecule has 1 aliphatic rings. The van der Waals surface area contributed by atoms with E-state index in [4.69, 9.17) is 16.3 Å². The lowest BCUT2D eigenvalue weighted by molar-refractivity contribution is -0.143. The van der Waals surface area contributed by atoms with Crippen molar-refractivity contribution in [2.45, 2.75) is 18.8 Å². The first-order chi connectivity index (χ1) is 14.9. The minimum Gasteiger partial charge on any atom is -0.469 e. The number of esters is 1. The molecule has 1 fully saturated rings. The Morgan fingerprint density at radius 2 is 1.90 bits per heavy atom. The summed E-state index contributed by atoms with van der Waals surface area (Å²) in [7, 11) is 1.20. The molecule has 2 atom stereocenters. The van der Waals surface area contributed by atoms with Gasteiger partial charge in [0.2, 0.25) is 11.8 Å². The first-order valence-electron chi connectivity index (χ1n) is 9.58. The summed E-state index contributed by atoms with van der Waals surface area (Å²) in [6.07, 6.45) is -0.157. The molecule has 0 bridgehead atoms. The fourth-order valence-corrected chi connectivity index (χ4v) is 3.89. The number of H-pyrrole nitrogens is 1. The summed E-state index contributed by atoms with van der Waals surface area (Å²) in [6, 6.07) is 13.2. The number of hydrogen-bond acceptors (Lipinski definition) is 6. The molecule has 1 N–H and O–H groups in total. The van der Waals surface area contributed by atoms with E-state index in [0.29, 0.717) is 21.7 Å². The van der Waals surface area contributed by atoms with Crippen molar-refractivity contribution < 1.29 is 19.1 Å². The van der Waals surface area contributed by atoms with Gasteiger partial charge in [0.05, 0.1) is 23.8 Å². The molecular formula is C22H18ClN3O5. The van der Waals surface area contributed by atoms with Crippen molar-refractivity contribution >= 4 is 46.1 Å². The number of nitrogens with zero attached hydrogens (tertiary/aromatic N) is 2. The average Bonchev–Trinajstić information content (AvgIpc) is 3.04. The fourth-order valence-electron chi connectivity index (χ4n) is 3.77. The van der Waals surface area contributed by atoms with Crippen LogP contribution in [0.15, 0.2) is 53.3 Å². The van der Waals surface area contributed by atoms with E-state index < -0.39 is 29.3 Å². The maximum absolute atomic E-state index is 13.0. The highest BCUT2D eigenvalue weighted by Gasteiger charge is 2.42. The fraction of sp³-hybridized carbons (Fsp3) is 0.227. The van der Waals surface area contributed by atoms with Crippen LogP contribution in [0, 0.1) is 5.92 Å². The molecule has 4 rings (SSSR count). The molecule has 31 heavy (non-hydrogen) atoms. The summed E-state index contributed by atoms with van der Waals surface area (Å²) in [5.41, 5.74) is 0.845. The van der Waals surface area contributed by atoms with Crippen LogP contribution in [0.1, 0.15) is 24.5 Å². The van der Waals surface area contributed by atoms with Crippen LogP contribution < -0.4 is 10.5 Å². The van der Waals surface area contributed by atoms with E-state index in [-0.39, 0.29) is 24.4 Å². The van der Waals surface area contributed by atoms with Crippen molar-refractivity contribution in [3.8, 4) is 0 Å². The number of halogens is 1. The molecule has 2 heterocycles. The molecule has 0 spiro atoms. The molecule has 8 nitrogen and oxygen atoms in total. The van der Waals surface area contributed by atoms with Crippen LogP contribution in [0.4, 0.5) is 5.69 Å². The van der Waals surface area contributed by atoms with Gasteiger partial charge in [0, 0.05) is 17.4 Å². The highest BCUT2D eigenvalue weighted by atomic mass is 35.5. The number of amides is 2. The number of imide groups is 1. The second-order valence-corrected chi connectivity index (χ2v) is 7.66. The van der Waals surface area contributed by atoms with Crippen molar-refractivity contribution in [1.82, 2.24) is 9.97 Å². The number of aromatic nitrogens is 2. The highest BCUT2D eigenvalue weighted by Crippen LogP contribution is 2.33. The smallest absolute Gasteiger partial charge is 0.314 e. The van der Waals surface area contributed by atoms with Crippen LogP contribution in [-0.4, -0.2) is 34.9 Å². The molecule has 3 aromatic rings. The van der Waals surface area contributed by atoms with Gasteiger partial charge in [-0.2, -0.15) is 0 Å². The zero-order valence-corrected chi connectivity index (χ0v) is 17.3. The van der Waals surface area contributed by atoms with Crippen LogP contribution in [0.5, 0.6) is 0 Å². The second-order valence-electron chi connectivity index (χ2n) is 7.22. The van der Waals surface area contributed by atoms with Crippen LogP contribution >= 0.6 is 11.6 Å². The van der Waals surface area contributed by atoms with Crippen LogP contribution in [0.2, 0.25) is 5.02 Å². The lowest BCUT2D eigenvalue weighted by Gasteiger charge is -2.18. The van der Waals surface area contributed by atoms with Gasteiger partial charge in [0.1, 0.15) is 11.6 Å². The Hall–Kier alpha value is -3.52. The maximum atomic E-state index is 13.0. The van der Waals surface area contributed by atoms with Crippen LogP contribution in [-0.2, 0) is 19.1 Å². The zero-order chi connectivity index (χ0) is 22.1. The standard InChI is InChI=1S/C22H18ClN3O5/c1-31-22(30)15(19-20(28)25-17-5-3-2-4-16(17)24-19)10-12-11-18(27)26(21(12)29)14-8-6-13(23)7-9-14/h2-9,12,15H,10-11H2,1H3,(H,25,28). The molecule has 0 radical (unpaired) electrons. The Labute approximate surface area is 181 Å². The molecule has 1 aliphatic heterocycles. The van der Waals surface area contributed by atoms with Crippen molar-refractivity contribution in [1.29, 1.82) is 0 Å². The van der Waals surface area contributed by atoms with Gasteiger partial charge in [0.25, 0.3) is 5.56 Å². The van der Waals surface area contributed by atoms with E-state index in [9.17, 15) is 19.2 Å². The summed E-state index contributed by atoms with van der Waals surface area (Å²) in [6.45, 7) is 0. The van der Waals surface area contributed by atoms with E-state index in [1.54, 1.807) is 48.5 Å². The average molecular weight is 440 g/mol. The van der Waals surface area contributed by atoms with Crippen LogP contribution in [0.25, 0.3) is 11.0 Å². The number of carbonyl (C=O) groups is 3. The summed E-state index contributed by atoms with van der Waals surface area (Å²) in [5.74, 6) is -3.41. The molecule has 1 saturated heterocycles. The third kappa shape index (κ3) is 3.94. The van der Waals surface area contributed by atoms with Gasteiger partial charge >= 0.3 is 5.97 Å². The van der Waals surface area contributed by atoms with Crippen molar-refractivity contribution in [2.24, 2.45) is 5.92 Å². The van der Waals surface area contributed by atoms with Crippen molar-refractivity contribution in [3.63, 3.8) is 0 Å². The molecule has 0 aliphatic carbocycles. The maximum Gasteiger partial charge on any atom is 0.314 e. The van der Waals surface area contributed by atoms with Gasteiger partial charge < -0.3 is 9.72 Å². The second kappa shape index (κ2) is 8.31. The van der Waals surface area contributed by atoms with Crippen LogP contribution in [0.3, 0.4) is 0 Å². The van der Waals surface area contributed by atoms with Gasteiger partial charge in [-0.05, 0) is 42.8 Å². The normalized spacial score (nSPS) is 17.2. The van der Waals surface area contributed by atoms with E-state index >= 15 is 0 Å². The molecule has 158 valence electrons. The van der Waals surface area contributed by atoms with Gasteiger partial charge in [-0.1, -0.05) is 23.7 Å². The number of benzene rings is 2. The van der Waals surface area contributed by atoms with Gasteiger partial charge in [-0.15, -0.1) is 0 Å². The number of nitrogens with one attached hydrogen (secondary N) is 1. The van der Waals surface area contributed by atoms with Gasteiger partial charge in [-0.3, -0.25) is 24.1 Å². The number of aromatic amines is 1. The molecule has 9 heteroatoms. The topological polar surface area (TPSA) is 109 Å². The number of fused-ring (bicyclic) bond motifs is 1. The third-order valence-corrected chi connectivity index (χ3v) is 5.54. The predicted molar refractivity (Wildman–Crippen MR) is 114 cm³/mol. The van der Waals surface area contributed by atoms with Crippen molar-refractivity contribution in [3.05, 3.63) is 69.6 Å². The molecule has 2 unspecified atom stereocenters. The van der Waals surface area contributed by atoms with E-state index in [1.165, 1.54) is 7.11 Å². The Balaban J connectivity index is 1.66. The van der Waals surface area contributed by atoms with E-state index in [2.05, 4.69) is 9.97 Å². The highest BCUT2D eigenvalue weighted by molar-refractivity contribution is 6.30. The largest absolute Gasteiger partial charge is 0.469 e. The molecular weight excluding hydrogens is 422 g/mol. The number of anilines is 1.